The van der Waals surface area contributed by atoms with Gasteiger partial charge in [0.05, 0.1) is 31.3 Å². The molecule has 3 aromatic rings. The molecule has 0 aliphatic rings. The molecule has 2 aromatic heterocycles. The minimum Gasteiger partial charge on any atom is -0.481 e. The number of ether oxygens (including phenoxy) is 1. The summed E-state index contributed by atoms with van der Waals surface area (Å²) >= 11 is 1.51. The molecule has 6 heteroatoms. The highest BCUT2D eigenvalue weighted by Gasteiger charge is 2.18. The van der Waals surface area contributed by atoms with Crippen molar-refractivity contribution in [1.29, 1.82) is 0 Å². The molecular formula is C21H23N3O2S. The lowest BCUT2D eigenvalue weighted by molar-refractivity contribution is -0.129. The number of carbonyl (C=O) groups is 1. The van der Waals surface area contributed by atoms with Gasteiger partial charge in [0.25, 0.3) is 0 Å². The number of pyridine rings is 1. The van der Waals surface area contributed by atoms with Gasteiger partial charge in [-0.2, -0.15) is 0 Å². The highest BCUT2D eigenvalue weighted by atomic mass is 32.1. The largest absolute Gasteiger partial charge is 0.481 e. The second kappa shape index (κ2) is 8.31. The van der Waals surface area contributed by atoms with Crippen molar-refractivity contribution in [3.63, 3.8) is 0 Å². The summed E-state index contributed by atoms with van der Waals surface area (Å²) in [6.07, 6.45) is 0.325. The van der Waals surface area contributed by atoms with Crippen LogP contribution < -0.4 is 4.74 Å². The normalized spacial score (nSPS) is 10.7. The molecule has 1 amide bonds. The summed E-state index contributed by atoms with van der Waals surface area (Å²) in [4.78, 5) is 24.4. The Bertz CT molecular complexity index is 938. The minimum atomic E-state index is 0.0402. The van der Waals surface area contributed by atoms with Crippen LogP contribution in [0.5, 0.6) is 5.88 Å². The smallest absolute Gasteiger partial charge is 0.227 e. The van der Waals surface area contributed by atoms with Crippen LogP contribution in [0, 0.1) is 13.8 Å². The molecule has 3 rings (SSSR count). The lowest BCUT2D eigenvalue weighted by atomic mass is 10.1. The fourth-order valence-electron chi connectivity index (χ4n) is 3.02. The van der Waals surface area contributed by atoms with E-state index in [1.165, 1.54) is 11.3 Å². The molecule has 27 heavy (non-hydrogen) atoms. The molecule has 5 nitrogen and oxygen atoms in total. The predicted molar refractivity (Wildman–Crippen MR) is 108 cm³/mol. The Labute approximate surface area is 163 Å². The maximum absolute atomic E-state index is 12.8. The fraction of sp³-hybridized carbons (Fsp3) is 0.286. The lowest BCUT2D eigenvalue weighted by Gasteiger charge is -2.20. The number of methoxy groups -OCH3 is 1. The second-order valence-corrected chi connectivity index (χ2v) is 7.42. The molecule has 0 spiro atoms. The van der Waals surface area contributed by atoms with Gasteiger partial charge in [0.1, 0.15) is 0 Å². The van der Waals surface area contributed by atoms with Gasteiger partial charge < -0.3 is 9.64 Å². The van der Waals surface area contributed by atoms with E-state index in [1.54, 1.807) is 17.5 Å². The quantitative estimate of drug-likeness (QED) is 0.647. The number of benzene rings is 1. The van der Waals surface area contributed by atoms with E-state index in [2.05, 4.69) is 9.97 Å². The van der Waals surface area contributed by atoms with E-state index in [4.69, 9.17) is 4.74 Å². The number of nitrogens with zero attached hydrogens (tertiary/aromatic N) is 3. The molecule has 0 radical (unpaired) electrons. The molecular weight excluding hydrogens is 358 g/mol. The first-order valence-electron chi connectivity index (χ1n) is 8.72. The number of amides is 1. The van der Waals surface area contributed by atoms with E-state index in [0.29, 0.717) is 18.8 Å². The zero-order chi connectivity index (χ0) is 19.4. The number of rotatable bonds is 6. The van der Waals surface area contributed by atoms with E-state index in [9.17, 15) is 4.79 Å². The van der Waals surface area contributed by atoms with Crippen molar-refractivity contribution in [3.05, 3.63) is 63.6 Å². The zero-order valence-corrected chi connectivity index (χ0v) is 16.8. The summed E-state index contributed by atoms with van der Waals surface area (Å²) in [5, 5.41) is 0. The molecule has 2 heterocycles. The third-order valence-electron chi connectivity index (χ3n) is 4.45. The fourth-order valence-corrected chi connectivity index (χ4v) is 3.79. The number of carbonyl (C=O) groups excluding carboxylic acids is 1. The SMILES string of the molecule is COc1nc(C)cc(C)c1CN(C)C(=O)Cc1scnc1-c1ccccc1. The van der Waals surface area contributed by atoms with E-state index < -0.39 is 0 Å². The molecule has 1 aromatic carbocycles. The molecule has 0 bridgehead atoms. The van der Waals surface area contributed by atoms with Gasteiger partial charge in [0.15, 0.2) is 0 Å². The maximum Gasteiger partial charge on any atom is 0.227 e. The van der Waals surface area contributed by atoms with Gasteiger partial charge >= 0.3 is 0 Å². The van der Waals surface area contributed by atoms with Gasteiger partial charge in [-0.25, -0.2) is 9.97 Å². The molecule has 140 valence electrons. The molecule has 0 atom stereocenters. The number of aryl methyl sites for hydroxylation is 2. The molecule has 0 saturated heterocycles. The van der Waals surface area contributed by atoms with Gasteiger partial charge in [0.2, 0.25) is 11.8 Å². The van der Waals surface area contributed by atoms with Crippen LogP contribution in [-0.2, 0) is 17.8 Å². The standard InChI is InChI=1S/C21H23N3O2S/c1-14-10-15(2)23-21(26-4)17(14)12-24(3)19(25)11-18-20(22-13-27-18)16-8-6-5-7-9-16/h5-10,13H,11-12H2,1-4H3. The molecule has 0 aliphatic carbocycles. The van der Waals surface area contributed by atoms with Gasteiger partial charge in [-0.15, -0.1) is 11.3 Å². The van der Waals surface area contributed by atoms with Crippen molar-refractivity contribution in [3.8, 4) is 17.1 Å². The lowest BCUT2D eigenvalue weighted by Crippen LogP contribution is -2.28. The molecule has 0 fully saturated rings. The highest BCUT2D eigenvalue weighted by Crippen LogP contribution is 2.27. The Balaban J connectivity index is 1.76. The first kappa shape index (κ1) is 19.0. The number of hydrogen-bond acceptors (Lipinski definition) is 5. The second-order valence-electron chi connectivity index (χ2n) is 6.49. The van der Waals surface area contributed by atoms with Crippen molar-refractivity contribution in [2.24, 2.45) is 0 Å². The van der Waals surface area contributed by atoms with Crippen LogP contribution in [0.3, 0.4) is 0 Å². The van der Waals surface area contributed by atoms with Gasteiger partial charge in [-0.1, -0.05) is 30.3 Å². The Morgan fingerprint density at radius 2 is 1.96 bits per heavy atom. The Morgan fingerprint density at radius 3 is 2.67 bits per heavy atom. The molecule has 0 N–H and O–H groups in total. The topological polar surface area (TPSA) is 55.3 Å². The van der Waals surface area contributed by atoms with E-state index >= 15 is 0 Å². The average Bonchev–Trinajstić information content (AvgIpc) is 3.12. The van der Waals surface area contributed by atoms with Crippen LogP contribution in [0.15, 0.2) is 41.9 Å². The summed E-state index contributed by atoms with van der Waals surface area (Å²) in [6, 6.07) is 12.0. The third kappa shape index (κ3) is 4.34. The average molecular weight is 382 g/mol. The summed E-state index contributed by atoms with van der Waals surface area (Å²) in [7, 11) is 3.42. The highest BCUT2D eigenvalue weighted by molar-refractivity contribution is 7.10. The van der Waals surface area contributed by atoms with Crippen LogP contribution in [0.1, 0.15) is 21.7 Å². The summed E-state index contributed by atoms with van der Waals surface area (Å²) < 4.78 is 5.41. The Hall–Kier alpha value is -2.73. The minimum absolute atomic E-state index is 0.0402. The van der Waals surface area contributed by atoms with Crippen LogP contribution in [0.25, 0.3) is 11.3 Å². The van der Waals surface area contributed by atoms with Crippen LogP contribution in [0.2, 0.25) is 0 Å². The maximum atomic E-state index is 12.8. The van der Waals surface area contributed by atoms with Crippen LogP contribution >= 0.6 is 11.3 Å². The first-order chi connectivity index (χ1) is 13.0. The number of likely N-dealkylation sites (N-methyl/N-ethyl adjacent to an activating group) is 1. The third-order valence-corrected chi connectivity index (χ3v) is 5.28. The van der Waals surface area contributed by atoms with E-state index in [1.807, 2.05) is 57.3 Å². The molecule has 0 unspecified atom stereocenters. The summed E-state index contributed by atoms with van der Waals surface area (Å²) in [6.45, 7) is 4.41. The summed E-state index contributed by atoms with van der Waals surface area (Å²) in [5.41, 5.74) is 6.62. The molecule has 0 aliphatic heterocycles. The van der Waals surface area contributed by atoms with Crippen LogP contribution in [0.4, 0.5) is 0 Å². The van der Waals surface area contributed by atoms with E-state index in [-0.39, 0.29) is 5.91 Å². The zero-order valence-electron chi connectivity index (χ0n) is 16.0. The van der Waals surface area contributed by atoms with Crippen molar-refractivity contribution in [2.45, 2.75) is 26.8 Å². The first-order valence-corrected chi connectivity index (χ1v) is 9.60. The van der Waals surface area contributed by atoms with Crippen molar-refractivity contribution >= 4 is 17.2 Å². The Morgan fingerprint density at radius 1 is 1.22 bits per heavy atom. The van der Waals surface area contributed by atoms with Crippen LogP contribution in [-0.4, -0.2) is 34.9 Å². The van der Waals surface area contributed by atoms with E-state index in [0.717, 1.165) is 33.0 Å². The molecule has 0 saturated carbocycles. The van der Waals surface area contributed by atoms with Crippen molar-refractivity contribution in [2.75, 3.05) is 14.2 Å². The number of hydrogen-bond donors (Lipinski definition) is 0. The summed E-state index contributed by atoms with van der Waals surface area (Å²) in [5.74, 6) is 0.619. The number of aromatic nitrogens is 2. The predicted octanol–water partition coefficient (Wildman–Crippen LogP) is 4.03. The van der Waals surface area contributed by atoms with Gasteiger partial charge in [-0.05, 0) is 25.5 Å². The number of thiazole rings is 1. The van der Waals surface area contributed by atoms with Crippen molar-refractivity contribution in [1.82, 2.24) is 14.9 Å². The Kier molecular flexibility index (Phi) is 5.86. The van der Waals surface area contributed by atoms with Crippen molar-refractivity contribution < 1.29 is 9.53 Å². The van der Waals surface area contributed by atoms with Gasteiger partial charge in [0, 0.05) is 28.7 Å². The van der Waals surface area contributed by atoms with Gasteiger partial charge in [-0.3, -0.25) is 4.79 Å². The monoisotopic (exact) mass is 381 g/mol.